The smallest absolute Gasteiger partial charge is 0.245 e. The van der Waals surface area contributed by atoms with Crippen molar-refractivity contribution in [3.8, 4) is 0 Å². The summed E-state index contributed by atoms with van der Waals surface area (Å²) in [5.41, 5.74) is 10.8. The predicted octanol–water partition coefficient (Wildman–Crippen LogP) is -3.56. The molecule has 0 aromatic carbocycles. The molecule has 0 aromatic rings. The molecule has 0 aromatic heterocycles. The van der Waals surface area contributed by atoms with E-state index >= 15 is 0 Å². The van der Waals surface area contributed by atoms with Crippen LogP contribution in [0.15, 0.2) is 4.99 Å². The van der Waals surface area contributed by atoms with Crippen molar-refractivity contribution < 1.29 is 43.8 Å². The first-order chi connectivity index (χ1) is 24.1. The SMILES string of the molecule is CCC[C@H](NC(=O)[C@H](CO)NC(=O)[C@H](CO)NC(=O)[C@H](NC(C)=O)[C@H](C)CC)C(=O)N[C@@H](CCCN=C(N)N)C(=O)N1CCC[C@H]1C(=O)NCC. The van der Waals surface area contributed by atoms with Gasteiger partial charge in [0.25, 0.3) is 0 Å². The maximum Gasteiger partial charge on any atom is 0.245 e. The van der Waals surface area contributed by atoms with Gasteiger partial charge in [-0.15, -0.1) is 0 Å². The number of nitrogens with one attached hydrogen (secondary N) is 6. The Labute approximate surface area is 298 Å². The van der Waals surface area contributed by atoms with E-state index in [4.69, 9.17) is 11.5 Å². The van der Waals surface area contributed by atoms with Crippen LogP contribution in [-0.2, 0) is 33.6 Å². The molecule has 1 heterocycles. The summed E-state index contributed by atoms with van der Waals surface area (Å²) in [6.45, 7) is 7.42. The normalized spacial score (nSPS) is 17.4. The second-order valence-electron chi connectivity index (χ2n) is 12.5. The summed E-state index contributed by atoms with van der Waals surface area (Å²) >= 11 is 0. The Kier molecular flexibility index (Phi) is 20.1. The standard InChI is InChI=1S/C32H58N10O9/c1-6-11-20(26(46)39-21(12-9-14-36-32(33)34)31(51)42-15-10-13-24(42)29(49)35-8-3)38-27(47)22(16-43)40-28(48)23(17-44)41-30(50)25(18(4)7-2)37-19(5)45/h18,20-25,43-44H,6-17H2,1-5H3,(H,35,49)(H,37,45)(H,38,47)(H,39,46)(H,40,48)(H,41,50)(H4,33,34,36)/t18-,20+,21+,22+,23+,24+,25-/m1/s1. The van der Waals surface area contributed by atoms with E-state index < -0.39 is 84.9 Å². The summed E-state index contributed by atoms with van der Waals surface area (Å²) in [5, 5.41) is 34.9. The van der Waals surface area contributed by atoms with Crippen molar-refractivity contribution in [2.24, 2.45) is 22.4 Å². The zero-order valence-corrected chi connectivity index (χ0v) is 30.3. The Morgan fingerprint density at radius 1 is 0.804 bits per heavy atom. The van der Waals surface area contributed by atoms with E-state index in [0.29, 0.717) is 45.2 Å². The maximum absolute atomic E-state index is 13.7. The second-order valence-corrected chi connectivity index (χ2v) is 12.5. The van der Waals surface area contributed by atoms with Crippen LogP contribution in [0.25, 0.3) is 0 Å². The number of carbonyl (C=O) groups excluding carboxylic acids is 7. The third-order valence-corrected chi connectivity index (χ3v) is 8.45. The molecule has 19 heteroatoms. The fraction of sp³-hybridized carbons (Fsp3) is 0.750. The Morgan fingerprint density at radius 2 is 1.35 bits per heavy atom. The molecule has 0 bridgehead atoms. The van der Waals surface area contributed by atoms with Crippen molar-refractivity contribution in [1.82, 2.24) is 36.8 Å². The number of likely N-dealkylation sites (N-methyl/N-ethyl adjacent to an activating group) is 1. The van der Waals surface area contributed by atoms with E-state index in [0.717, 1.165) is 0 Å². The number of aliphatic hydroxyl groups excluding tert-OH is 2. The molecule has 7 atom stereocenters. The highest BCUT2D eigenvalue weighted by Gasteiger charge is 2.38. The second kappa shape index (κ2) is 23.0. The summed E-state index contributed by atoms with van der Waals surface area (Å²) in [5.74, 6) is -5.07. The zero-order chi connectivity index (χ0) is 38.7. The number of carbonyl (C=O) groups is 7. The molecule has 19 nitrogen and oxygen atoms in total. The van der Waals surface area contributed by atoms with Crippen LogP contribution in [0.2, 0.25) is 0 Å². The molecule has 0 spiro atoms. The van der Waals surface area contributed by atoms with Crippen LogP contribution in [0.1, 0.15) is 79.6 Å². The maximum atomic E-state index is 13.7. The molecule has 12 N–H and O–H groups in total. The highest BCUT2D eigenvalue weighted by Crippen LogP contribution is 2.20. The third kappa shape index (κ3) is 14.7. The molecule has 7 amide bonds. The summed E-state index contributed by atoms with van der Waals surface area (Å²) in [6, 6.07) is -7.09. The molecule has 1 aliphatic heterocycles. The van der Waals surface area contributed by atoms with Crippen LogP contribution < -0.4 is 43.4 Å². The average Bonchev–Trinajstić information content (AvgIpc) is 3.58. The number of nitrogens with two attached hydrogens (primary N) is 2. The largest absolute Gasteiger partial charge is 0.394 e. The Morgan fingerprint density at radius 3 is 1.86 bits per heavy atom. The van der Waals surface area contributed by atoms with Crippen LogP contribution in [0.4, 0.5) is 0 Å². The molecule has 1 rings (SSSR count). The average molecular weight is 727 g/mol. The monoisotopic (exact) mass is 726 g/mol. The molecule has 1 aliphatic rings. The molecule has 290 valence electrons. The molecule has 0 radical (unpaired) electrons. The van der Waals surface area contributed by atoms with Gasteiger partial charge >= 0.3 is 0 Å². The minimum absolute atomic E-state index is 0.121. The molecule has 0 unspecified atom stereocenters. The number of rotatable bonds is 22. The number of guanidine groups is 1. The van der Waals surface area contributed by atoms with Crippen LogP contribution in [0, 0.1) is 5.92 Å². The van der Waals surface area contributed by atoms with Gasteiger partial charge in [-0.3, -0.25) is 38.6 Å². The van der Waals surface area contributed by atoms with Crippen molar-refractivity contribution in [3.05, 3.63) is 0 Å². The van der Waals surface area contributed by atoms with E-state index in [1.54, 1.807) is 20.8 Å². The van der Waals surface area contributed by atoms with Gasteiger partial charge in [-0.05, 0) is 44.9 Å². The summed E-state index contributed by atoms with van der Waals surface area (Å²) in [7, 11) is 0. The van der Waals surface area contributed by atoms with Crippen LogP contribution in [0.3, 0.4) is 0 Å². The van der Waals surface area contributed by atoms with Gasteiger partial charge in [0.05, 0.1) is 13.2 Å². The first kappa shape index (κ1) is 44.5. The lowest BCUT2D eigenvalue weighted by atomic mass is 9.98. The predicted molar refractivity (Wildman–Crippen MR) is 187 cm³/mol. The van der Waals surface area contributed by atoms with Crippen LogP contribution >= 0.6 is 0 Å². The lowest BCUT2D eigenvalue weighted by Gasteiger charge is -2.30. The van der Waals surface area contributed by atoms with Gasteiger partial charge in [0.1, 0.15) is 36.3 Å². The van der Waals surface area contributed by atoms with E-state index in [-0.39, 0.29) is 37.2 Å². The number of aliphatic imine (C=N–C) groups is 1. The molecule has 51 heavy (non-hydrogen) atoms. The van der Waals surface area contributed by atoms with Gasteiger partial charge in [-0.1, -0.05) is 33.6 Å². The fourth-order valence-electron chi connectivity index (χ4n) is 5.50. The molecule has 0 saturated carbocycles. The zero-order valence-electron chi connectivity index (χ0n) is 30.3. The number of hydrogen-bond acceptors (Lipinski definition) is 10. The number of aliphatic hydroxyl groups is 2. The number of hydrogen-bond donors (Lipinski definition) is 10. The highest BCUT2D eigenvalue weighted by molar-refractivity contribution is 5.97. The third-order valence-electron chi connectivity index (χ3n) is 8.45. The molecule has 0 aliphatic carbocycles. The van der Waals surface area contributed by atoms with Gasteiger partial charge < -0.3 is 58.5 Å². The van der Waals surface area contributed by atoms with Gasteiger partial charge in [-0.2, -0.15) is 0 Å². The van der Waals surface area contributed by atoms with E-state index in [2.05, 4.69) is 36.9 Å². The lowest BCUT2D eigenvalue weighted by Crippen LogP contribution is -2.61. The van der Waals surface area contributed by atoms with Crippen molar-refractivity contribution in [2.75, 3.05) is 32.8 Å². The van der Waals surface area contributed by atoms with E-state index in [9.17, 15) is 43.8 Å². The van der Waals surface area contributed by atoms with E-state index in [1.165, 1.54) is 11.8 Å². The summed E-state index contributed by atoms with van der Waals surface area (Å²) < 4.78 is 0. The minimum Gasteiger partial charge on any atom is -0.394 e. The van der Waals surface area contributed by atoms with Gasteiger partial charge in [0.2, 0.25) is 41.4 Å². The highest BCUT2D eigenvalue weighted by atomic mass is 16.3. The summed E-state index contributed by atoms with van der Waals surface area (Å²) in [4.78, 5) is 96.1. The van der Waals surface area contributed by atoms with Crippen LogP contribution in [0.5, 0.6) is 0 Å². The summed E-state index contributed by atoms with van der Waals surface area (Å²) in [6.07, 6.45) is 2.56. The molecule has 1 fully saturated rings. The Hall–Kier alpha value is -4.52. The number of likely N-dealkylation sites (tertiary alicyclic amines) is 1. The molecular weight excluding hydrogens is 668 g/mol. The van der Waals surface area contributed by atoms with Gasteiger partial charge in [0, 0.05) is 26.6 Å². The first-order valence-electron chi connectivity index (χ1n) is 17.5. The molecular formula is C32H58N10O9. The lowest BCUT2D eigenvalue weighted by molar-refractivity contribution is -0.142. The Bertz CT molecular complexity index is 1230. The van der Waals surface area contributed by atoms with Crippen molar-refractivity contribution in [1.29, 1.82) is 0 Å². The van der Waals surface area contributed by atoms with Crippen molar-refractivity contribution >= 4 is 47.3 Å². The quantitative estimate of drug-likeness (QED) is 0.0296. The first-order valence-corrected chi connectivity index (χ1v) is 17.5. The van der Waals surface area contributed by atoms with Gasteiger partial charge in [0.15, 0.2) is 5.96 Å². The fourth-order valence-corrected chi connectivity index (χ4v) is 5.50. The van der Waals surface area contributed by atoms with E-state index in [1.807, 2.05) is 6.92 Å². The van der Waals surface area contributed by atoms with Crippen molar-refractivity contribution in [2.45, 2.75) is 116 Å². The number of amides is 7. The minimum atomic E-state index is -1.59. The number of nitrogens with zero attached hydrogens (tertiary/aromatic N) is 2. The van der Waals surface area contributed by atoms with Crippen LogP contribution in [-0.4, -0.2) is 132 Å². The Balaban J connectivity index is 3.11. The topological polar surface area (TPSA) is 300 Å². The molecule has 1 saturated heterocycles. The van der Waals surface area contributed by atoms with Gasteiger partial charge in [-0.25, -0.2) is 0 Å². The van der Waals surface area contributed by atoms with Crippen molar-refractivity contribution in [3.63, 3.8) is 0 Å².